The number of nitrogens with zero attached hydrogens (tertiary/aromatic N) is 4. The zero-order valence-electron chi connectivity index (χ0n) is 14.0. The third-order valence-electron chi connectivity index (χ3n) is 3.57. The Hall–Kier alpha value is -3.08. The molecule has 0 N–H and O–H groups in total. The topological polar surface area (TPSA) is 93.9 Å². The van der Waals surface area contributed by atoms with Gasteiger partial charge in [-0.15, -0.1) is 10.2 Å². The standard InChI is InChI=1S/C16H14F2N4O4S/c1-2-26-16(23)9-22(13-6-11(17)5-12(18)7-13)27(24,25)14-3-4-15-20-19-10-21(15)8-14/h3-8,10H,2,9H2,1H3. The van der Waals surface area contributed by atoms with E-state index in [4.69, 9.17) is 4.74 Å². The summed E-state index contributed by atoms with van der Waals surface area (Å²) in [5, 5.41) is 7.43. The van der Waals surface area contributed by atoms with Crippen molar-refractivity contribution in [1.29, 1.82) is 0 Å². The van der Waals surface area contributed by atoms with E-state index < -0.39 is 34.2 Å². The maximum Gasteiger partial charge on any atom is 0.326 e. The Bertz CT molecular complexity index is 1080. The molecule has 0 saturated carbocycles. The van der Waals surface area contributed by atoms with Crippen molar-refractivity contribution >= 4 is 27.3 Å². The van der Waals surface area contributed by atoms with Crippen LogP contribution < -0.4 is 4.31 Å². The number of benzene rings is 1. The van der Waals surface area contributed by atoms with Crippen LogP contribution in [0.15, 0.2) is 47.8 Å². The van der Waals surface area contributed by atoms with Crippen molar-refractivity contribution in [3.63, 3.8) is 0 Å². The molecule has 0 fully saturated rings. The number of aromatic nitrogens is 3. The first kappa shape index (κ1) is 18.7. The lowest BCUT2D eigenvalue weighted by Crippen LogP contribution is -2.37. The number of fused-ring (bicyclic) bond motifs is 1. The minimum absolute atomic E-state index is 0.0247. The number of rotatable bonds is 6. The Kier molecular flexibility index (Phi) is 5.04. The molecule has 27 heavy (non-hydrogen) atoms. The van der Waals surface area contributed by atoms with Crippen LogP contribution in [0, 0.1) is 11.6 Å². The molecule has 2 aromatic heterocycles. The highest BCUT2D eigenvalue weighted by molar-refractivity contribution is 7.92. The summed E-state index contributed by atoms with van der Waals surface area (Å²) in [4.78, 5) is 11.7. The molecule has 3 aromatic rings. The number of carbonyl (C=O) groups excluding carboxylic acids is 1. The van der Waals surface area contributed by atoms with Crippen LogP contribution in [0.1, 0.15) is 6.92 Å². The van der Waals surface area contributed by atoms with E-state index in [0.29, 0.717) is 16.0 Å². The number of sulfonamides is 1. The molecular weight excluding hydrogens is 382 g/mol. The monoisotopic (exact) mass is 396 g/mol. The lowest BCUT2D eigenvalue weighted by Gasteiger charge is -2.23. The van der Waals surface area contributed by atoms with E-state index in [1.165, 1.54) is 29.1 Å². The van der Waals surface area contributed by atoms with E-state index in [9.17, 15) is 22.0 Å². The molecular formula is C16H14F2N4O4S. The third kappa shape index (κ3) is 3.87. The van der Waals surface area contributed by atoms with E-state index in [1.807, 2.05) is 0 Å². The van der Waals surface area contributed by atoms with Crippen molar-refractivity contribution in [2.24, 2.45) is 0 Å². The number of hydrogen-bond donors (Lipinski definition) is 0. The molecule has 142 valence electrons. The van der Waals surface area contributed by atoms with E-state index in [0.717, 1.165) is 12.1 Å². The molecule has 0 radical (unpaired) electrons. The number of halogens is 2. The smallest absolute Gasteiger partial charge is 0.326 e. The Labute approximate surface area is 153 Å². The number of esters is 1. The van der Waals surface area contributed by atoms with Gasteiger partial charge in [0.05, 0.1) is 12.3 Å². The Balaban J connectivity index is 2.10. The van der Waals surface area contributed by atoms with Crippen molar-refractivity contribution in [2.45, 2.75) is 11.8 Å². The van der Waals surface area contributed by atoms with Crippen LogP contribution in [-0.4, -0.2) is 42.1 Å². The predicted molar refractivity (Wildman–Crippen MR) is 90.5 cm³/mol. The van der Waals surface area contributed by atoms with E-state index in [2.05, 4.69) is 10.2 Å². The minimum atomic E-state index is -4.35. The molecule has 3 rings (SSSR count). The van der Waals surface area contributed by atoms with Crippen molar-refractivity contribution < 1.29 is 26.7 Å². The molecule has 2 heterocycles. The zero-order chi connectivity index (χ0) is 19.6. The number of ether oxygens (including phenoxy) is 1. The van der Waals surface area contributed by atoms with Crippen LogP contribution in [0.5, 0.6) is 0 Å². The molecule has 0 atom stereocenters. The summed E-state index contributed by atoms with van der Waals surface area (Å²) in [5.41, 5.74) is 0.0621. The van der Waals surface area contributed by atoms with Crippen LogP contribution in [0.25, 0.3) is 5.65 Å². The van der Waals surface area contributed by atoms with Gasteiger partial charge in [0.1, 0.15) is 29.4 Å². The van der Waals surface area contributed by atoms with Crippen molar-refractivity contribution in [3.8, 4) is 0 Å². The highest BCUT2D eigenvalue weighted by Gasteiger charge is 2.29. The Morgan fingerprint density at radius 1 is 1.22 bits per heavy atom. The maximum atomic E-state index is 13.6. The van der Waals surface area contributed by atoms with Crippen LogP contribution in [0.2, 0.25) is 0 Å². The molecule has 0 saturated heterocycles. The fourth-order valence-electron chi connectivity index (χ4n) is 2.41. The lowest BCUT2D eigenvalue weighted by atomic mass is 10.3. The van der Waals surface area contributed by atoms with Crippen LogP contribution >= 0.6 is 0 Å². The van der Waals surface area contributed by atoms with Crippen LogP contribution in [0.4, 0.5) is 14.5 Å². The fourth-order valence-corrected chi connectivity index (χ4v) is 3.81. The van der Waals surface area contributed by atoms with Gasteiger partial charge in [0.25, 0.3) is 10.0 Å². The molecule has 0 aliphatic heterocycles. The van der Waals surface area contributed by atoms with Gasteiger partial charge in [-0.05, 0) is 31.2 Å². The summed E-state index contributed by atoms with van der Waals surface area (Å²) in [6.45, 7) is 0.828. The number of anilines is 1. The summed E-state index contributed by atoms with van der Waals surface area (Å²) < 4.78 is 60.2. The number of hydrogen-bond acceptors (Lipinski definition) is 6. The second-order valence-electron chi connectivity index (χ2n) is 5.41. The number of carbonyl (C=O) groups is 1. The molecule has 1 aromatic carbocycles. The largest absolute Gasteiger partial charge is 0.465 e. The summed E-state index contributed by atoms with van der Waals surface area (Å²) >= 11 is 0. The van der Waals surface area contributed by atoms with Gasteiger partial charge in [-0.25, -0.2) is 17.2 Å². The summed E-state index contributed by atoms with van der Waals surface area (Å²) in [5.74, 6) is -2.83. The normalized spacial score (nSPS) is 11.5. The summed E-state index contributed by atoms with van der Waals surface area (Å²) in [6, 6.07) is 4.90. The molecule has 0 aliphatic rings. The predicted octanol–water partition coefficient (Wildman–Crippen LogP) is 1.77. The number of pyridine rings is 1. The van der Waals surface area contributed by atoms with Gasteiger partial charge in [0.15, 0.2) is 5.65 Å². The van der Waals surface area contributed by atoms with Crippen molar-refractivity contribution in [3.05, 3.63) is 54.5 Å². The second-order valence-corrected chi connectivity index (χ2v) is 7.27. The zero-order valence-corrected chi connectivity index (χ0v) is 14.9. The second kappa shape index (κ2) is 7.27. The summed E-state index contributed by atoms with van der Waals surface area (Å²) in [7, 11) is -4.35. The fraction of sp³-hybridized carbons (Fsp3) is 0.188. The van der Waals surface area contributed by atoms with Crippen molar-refractivity contribution in [1.82, 2.24) is 14.6 Å². The molecule has 0 spiro atoms. The van der Waals surface area contributed by atoms with Gasteiger partial charge in [0.2, 0.25) is 0 Å². The molecule has 0 aliphatic carbocycles. The Morgan fingerprint density at radius 3 is 2.59 bits per heavy atom. The third-order valence-corrected chi connectivity index (χ3v) is 5.32. The highest BCUT2D eigenvalue weighted by Crippen LogP contribution is 2.25. The molecule has 11 heteroatoms. The molecule has 8 nitrogen and oxygen atoms in total. The molecule has 0 bridgehead atoms. The highest BCUT2D eigenvalue weighted by atomic mass is 32.2. The van der Waals surface area contributed by atoms with E-state index >= 15 is 0 Å². The first-order valence-electron chi connectivity index (χ1n) is 7.75. The van der Waals surface area contributed by atoms with Gasteiger partial charge in [-0.1, -0.05) is 0 Å². The minimum Gasteiger partial charge on any atom is -0.465 e. The van der Waals surface area contributed by atoms with Gasteiger partial charge >= 0.3 is 5.97 Å². The SMILES string of the molecule is CCOC(=O)CN(c1cc(F)cc(F)c1)S(=O)(=O)c1ccc2nncn2c1. The van der Waals surface area contributed by atoms with E-state index in [-0.39, 0.29) is 17.2 Å². The van der Waals surface area contributed by atoms with Crippen LogP contribution in [-0.2, 0) is 19.6 Å². The molecule has 0 unspecified atom stereocenters. The van der Waals surface area contributed by atoms with Gasteiger partial charge in [-0.3, -0.25) is 13.5 Å². The van der Waals surface area contributed by atoms with Gasteiger partial charge < -0.3 is 4.74 Å². The van der Waals surface area contributed by atoms with Crippen LogP contribution in [0.3, 0.4) is 0 Å². The lowest BCUT2D eigenvalue weighted by molar-refractivity contribution is -0.141. The van der Waals surface area contributed by atoms with Gasteiger partial charge in [-0.2, -0.15) is 0 Å². The Morgan fingerprint density at radius 2 is 1.93 bits per heavy atom. The molecule has 0 amide bonds. The average molecular weight is 396 g/mol. The van der Waals surface area contributed by atoms with E-state index in [1.54, 1.807) is 6.92 Å². The maximum absolute atomic E-state index is 13.6. The quantitative estimate of drug-likeness (QED) is 0.590. The van der Waals surface area contributed by atoms with Crippen molar-refractivity contribution in [2.75, 3.05) is 17.5 Å². The average Bonchev–Trinajstić information content (AvgIpc) is 3.06. The first-order valence-corrected chi connectivity index (χ1v) is 9.19. The first-order chi connectivity index (χ1) is 12.8. The summed E-state index contributed by atoms with van der Waals surface area (Å²) in [6.07, 6.45) is 2.53. The van der Waals surface area contributed by atoms with Gasteiger partial charge in [0, 0.05) is 12.3 Å².